The van der Waals surface area contributed by atoms with Crippen LogP contribution in [-0.2, 0) is 6.54 Å². The first-order valence-corrected chi connectivity index (χ1v) is 11.7. The zero-order valence-electron chi connectivity index (χ0n) is 18.4. The maximum absolute atomic E-state index is 12.8. The van der Waals surface area contributed by atoms with Gasteiger partial charge in [0.2, 0.25) is 0 Å². The Kier molecular flexibility index (Phi) is 4.79. The fraction of sp³-hybridized carbons (Fsp3) is 0.440. The lowest BCUT2D eigenvalue weighted by Gasteiger charge is -2.17. The zero-order valence-corrected chi connectivity index (χ0v) is 18.4. The molecule has 32 heavy (non-hydrogen) atoms. The van der Waals surface area contributed by atoms with Crippen LogP contribution < -0.4 is 5.56 Å². The topological polar surface area (TPSA) is 79.7 Å². The number of nitrogens with zero attached hydrogens (tertiary/aromatic N) is 5. The number of benzene rings is 1. The molecule has 2 aliphatic rings. The van der Waals surface area contributed by atoms with Crippen molar-refractivity contribution < 1.29 is 0 Å². The predicted molar refractivity (Wildman–Crippen MR) is 125 cm³/mol. The second-order valence-corrected chi connectivity index (χ2v) is 9.48. The van der Waals surface area contributed by atoms with Gasteiger partial charge in [-0.25, -0.2) is 9.67 Å². The molecular formula is C25H28N6O. The lowest BCUT2D eigenvalue weighted by atomic mass is 9.97. The SMILES string of the molecule is C[C@@H]1CN(Cc2ccnc3ccccc23)C[C@H]1c1nc2c(cnn2C2CCCC2)c(=O)[nH]1. The van der Waals surface area contributed by atoms with Gasteiger partial charge in [-0.15, -0.1) is 0 Å². The second-order valence-electron chi connectivity index (χ2n) is 9.48. The fourth-order valence-corrected chi connectivity index (χ4v) is 5.63. The molecular weight excluding hydrogens is 400 g/mol. The van der Waals surface area contributed by atoms with Crippen molar-refractivity contribution >= 4 is 21.9 Å². The summed E-state index contributed by atoms with van der Waals surface area (Å²) in [6.45, 7) is 4.99. The van der Waals surface area contributed by atoms with Gasteiger partial charge in [0.15, 0.2) is 5.65 Å². The number of likely N-dealkylation sites (tertiary alicyclic amines) is 1. The van der Waals surface area contributed by atoms with Gasteiger partial charge in [0.25, 0.3) is 5.56 Å². The molecule has 1 N–H and O–H groups in total. The third kappa shape index (κ3) is 3.32. The third-order valence-corrected chi connectivity index (χ3v) is 7.32. The van der Waals surface area contributed by atoms with Crippen molar-refractivity contribution in [3.05, 3.63) is 64.5 Å². The highest BCUT2D eigenvalue weighted by atomic mass is 16.1. The number of para-hydroxylation sites is 1. The van der Waals surface area contributed by atoms with Crippen LogP contribution in [0.25, 0.3) is 21.9 Å². The second kappa shape index (κ2) is 7.81. The molecule has 7 heteroatoms. The van der Waals surface area contributed by atoms with Crippen LogP contribution in [0.3, 0.4) is 0 Å². The van der Waals surface area contributed by atoms with Crippen LogP contribution >= 0.6 is 0 Å². The Labute approximate surface area is 186 Å². The van der Waals surface area contributed by atoms with Crippen molar-refractivity contribution in [2.24, 2.45) is 5.92 Å². The summed E-state index contributed by atoms with van der Waals surface area (Å²) in [6.07, 6.45) is 8.26. The molecule has 0 amide bonds. The molecule has 1 aromatic carbocycles. The molecule has 1 saturated heterocycles. The molecule has 6 rings (SSSR count). The number of rotatable bonds is 4. The van der Waals surface area contributed by atoms with Gasteiger partial charge in [-0.1, -0.05) is 38.0 Å². The van der Waals surface area contributed by atoms with Crippen LogP contribution in [0, 0.1) is 5.92 Å². The first kappa shape index (κ1) is 19.6. The maximum Gasteiger partial charge on any atom is 0.262 e. The maximum atomic E-state index is 12.8. The molecule has 1 aliphatic heterocycles. The van der Waals surface area contributed by atoms with E-state index in [1.165, 1.54) is 23.8 Å². The lowest BCUT2D eigenvalue weighted by Crippen LogP contribution is -2.22. The van der Waals surface area contributed by atoms with Crippen molar-refractivity contribution in [1.29, 1.82) is 0 Å². The molecule has 164 valence electrons. The molecule has 2 fully saturated rings. The summed E-state index contributed by atoms with van der Waals surface area (Å²) < 4.78 is 2.00. The highest BCUT2D eigenvalue weighted by Gasteiger charge is 2.33. The van der Waals surface area contributed by atoms with Crippen LogP contribution in [0.1, 0.15) is 56.0 Å². The normalized spacial score (nSPS) is 22.4. The number of fused-ring (bicyclic) bond motifs is 2. The van der Waals surface area contributed by atoms with Crippen molar-refractivity contribution in [1.82, 2.24) is 29.6 Å². The minimum atomic E-state index is -0.0694. The molecule has 0 unspecified atom stereocenters. The Morgan fingerprint density at radius 3 is 2.81 bits per heavy atom. The van der Waals surface area contributed by atoms with Gasteiger partial charge in [-0.2, -0.15) is 5.10 Å². The highest BCUT2D eigenvalue weighted by Crippen LogP contribution is 2.34. The number of nitrogens with one attached hydrogen (secondary N) is 1. The summed E-state index contributed by atoms with van der Waals surface area (Å²) in [5, 5.41) is 6.35. The van der Waals surface area contributed by atoms with E-state index in [1.54, 1.807) is 6.20 Å². The monoisotopic (exact) mass is 428 g/mol. The van der Waals surface area contributed by atoms with Crippen molar-refractivity contribution in [2.45, 2.75) is 51.1 Å². The lowest BCUT2D eigenvalue weighted by molar-refractivity contribution is 0.319. The van der Waals surface area contributed by atoms with Crippen LogP contribution in [0.15, 0.2) is 47.5 Å². The fourth-order valence-electron chi connectivity index (χ4n) is 5.63. The predicted octanol–water partition coefficient (Wildman–Crippen LogP) is 4.02. The van der Waals surface area contributed by atoms with E-state index >= 15 is 0 Å². The van der Waals surface area contributed by atoms with Crippen LogP contribution in [0.5, 0.6) is 0 Å². The summed E-state index contributed by atoms with van der Waals surface area (Å²) in [5.41, 5.74) is 3.01. The molecule has 3 aromatic heterocycles. The standard InChI is InChI=1S/C25H28N6O/c1-16-13-30(14-17-10-11-26-22-9-5-4-8-19(17)22)15-21(16)23-28-24-20(25(32)29-23)12-27-31(24)18-6-2-3-7-18/h4-5,8-12,16,18,21H,2-3,6-7,13-15H2,1H3,(H,28,29,32)/t16-,21-/m1/s1. The summed E-state index contributed by atoms with van der Waals surface area (Å²) in [4.78, 5) is 27.9. The third-order valence-electron chi connectivity index (χ3n) is 7.32. The number of H-pyrrole nitrogens is 1. The van der Waals surface area contributed by atoms with E-state index < -0.39 is 0 Å². The van der Waals surface area contributed by atoms with E-state index in [1.807, 2.05) is 16.9 Å². The van der Waals surface area contributed by atoms with Crippen molar-refractivity contribution in [2.75, 3.05) is 13.1 Å². The van der Waals surface area contributed by atoms with E-state index in [-0.39, 0.29) is 11.5 Å². The molecule has 0 spiro atoms. The molecule has 4 heterocycles. The quantitative estimate of drug-likeness (QED) is 0.531. The first-order valence-electron chi connectivity index (χ1n) is 11.7. The van der Waals surface area contributed by atoms with Crippen LogP contribution in [0.2, 0.25) is 0 Å². The van der Waals surface area contributed by atoms with Gasteiger partial charge >= 0.3 is 0 Å². The molecule has 4 aromatic rings. The van der Waals surface area contributed by atoms with Gasteiger partial charge in [-0.3, -0.25) is 14.7 Å². The van der Waals surface area contributed by atoms with Gasteiger partial charge < -0.3 is 4.98 Å². The van der Waals surface area contributed by atoms with Gasteiger partial charge in [0.05, 0.1) is 17.8 Å². The minimum absolute atomic E-state index is 0.0694. The number of aromatic amines is 1. The van der Waals surface area contributed by atoms with E-state index in [0.717, 1.165) is 49.5 Å². The highest BCUT2D eigenvalue weighted by molar-refractivity contribution is 5.81. The first-order chi connectivity index (χ1) is 15.7. The van der Waals surface area contributed by atoms with E-state index in [9.17, 15) is 4.79 Å². The van der Waals surface area contributed by atoms with Gasteiger partial charge in [0.1, 0.15) is 11.2 Å². The zero-order chi connectivity index (χ0) is 21.7. The molecule has 7 nitrogen and oxygen atoms in total. The Morgan fingerprint density at radius 1 is 1.09 bits per heavy atom. The number of pyridine rings is 1. The Hall–Kier alpha value is -3.06. The largest absolute Gasteiger partial charge is 0.310 e. The Morgan fingerprint density at radius 2 is 1.94 bits per heavy atom. The summed E-state index contributed by atoms with van der Waals surface area (Å²) >= 11 is 0. The smallest absolute Gasteiger partial charge is 0.262 e. The summed E-state index contributed by atoms with van der Waals surface area (Å²) in [6, 6.07) is 10.8. The number of hydrogen-bond donors (Lipinski definition) is 1. The number of aromatic nitrogens is 5. The number of hydrogen-bond acceptors (Lipinski definition) is 5. The van der Waals surface area contributed by atoms with E-state index in [4.69, 9.17) is 4.98 Å². The van der Waals surface area contributed by atoms with Gasteiger partial charge in [-0.05, 0) is 36.5 Å². The van der Waals surface area contributed by atoms with Crippen LogP contribution in [0.4, 0.5) is 0 Å². The van der Waals surface area contributed by atoms with Crippen molar-refractivity contribution in [3.63, 3.8) is 0 Å². The van der Waals surface area contributed by atoms with Crippen molar-refractivity contribution in [3.8, 4) is 0 Å². The molecule has 1 aliphatic carbocycles. The Balaban J connectivity index is 1.29. The van der Waals surface area contributed by atoms with Gasteiger partial charge in [0, 0.05) is 37.1 Å². The average molecular weight is 429 g/mol. The Bertz CT molecular complexity index is 1330. The summed E-state index contributed by atoms with van der Waals surface area (Å²) in [7, 11) is 0. The molecule has 2 atom stereocenters. The molecule has 0 bridgehead atoms. The van der Waals surface area contributed by atoms with E-state index in [0.29, 0.717) is 17.3 Å². The molecule has 1 saturated carbocycles. The average Bonchev–Trinajstić information content (AvgIpc) is 3.54. The minimum Gasteiger partial charge on any atom is -0.310 e. The van der Waals surface area contributed by atoms with Crippen LogP contribution in [-0.4, -0.2) is 42.7 Å². The molecule has 0 radical (unpaired) electrons. The summed E-state index contributed by atoms with van der Waals surface area (Å²) in [5.74, 6) is 1.41. The van der Waals surface area contributed by atoms with E-state index in [2.05, 4.69) is 51.2 Å².